The van der Waals surface area contributed by atoms with Crippen LogP contribution in [0.4, 0.5) is 4.39 Å². The molecule has 1 unspecified atom stereocenters. The predicted octanol–water partition coefficient (Wildman–Crippen LogP) is 2.02. The number of rotatable bonds is 6. The van der Waals surface area contributed by atoms with E-state index in [2.05, 4.69) is 5.32 Å². The number of benzene rings is 1. The average Bonchev–Trinajstić information content (AvgIpc) is 3.52. The number of halogens is 1. The fourth-order valence-corrected chi connectivity index (χ4v) is 3.18. The van der Waals surface area contributed by atoms with Crippen LogP contribution >= 0.6 is 0 Å². The second-order valence-corrected chi connectivity index (χ2v) is 7.30. The summed E-state index contributed by atoms with van der Waals surface area (Å²) in [6.45, 7) is 2.91. The van der Waals surface area contributed by atoms with E-state index in [4.69, 9.17) is 4.74 Å². The molecule has 1 aromatic rings. The van der Waals surface area contributed by atoms with Crippen molar-refractivity contribution >= 4 is 17.8 Å². The maximum absolute atomic E-state index is 12.9. The van der Waals surface area contributed by atoms with Crippen molar-refractivity contribution in [1.82, 2.24) is 10.2 Å². The van der Waals surface area contributed by atoms with Gasteiger partial charge in [-0.3, -0.25) is 14.4 Å². The smallest absolute Gasteiger partial charge is 0.309 e. The van der Waals surface area contributed by atoms with Crippen molar-refractivity contribution in [3.8, 4) is 0 Å². The molecule has 2 aliphatic rings. The van der Waals surface area contributed by atoms with E-state index in [1.54, 1.807) is 12.1 Å². The van der Waals surface area contributed by atoms with E-state index in [0.717, 1.165) is 18.4 Å². The van der Waals surface area contributed by atoms with E-state index in [0.29, 0.717) is 25.9 Å². The highest BCUT2D eigenvalue weighted by molar-refractivity contribution is 5.84. The Morgan fingerprint density at radius 1 is 1.11 bits per heavy atom. The van der Waals surface area contributed by atoms with E-state index in [1.165, 1.54) is 19.1 Å². The fraction of sp³-hybridized carbons (Fsp3) is 0.550. The lowest BCUT2D eigenvalue weighted by atomic mass is 9.96. The molecule has 3 rings (SSSR count). The minimum atomic E-state index is -0.899. The van der Waals surface area contributed by atoms with Crippen LogP contribution in [0.2, 0.25) is 0 Å². The third kappa shape index (κ3) is 5.28. The topological polar surface area (TPSA) is 75.7 Å². The van der Waals surface area contributed by atoms with Crippen molar-refractivity contribution < 1.29 is 23.5 Å². The van der Waals surface area contributed by atoms with Gasteiger partial charge in [0.05, 0.1) is 5.92 Å². The Bertz CT molecular complexity index is 694. The van der Waals surface area contributed by atoms with Crippen molar-refractivity contribution in [2.45, 2.75) is 45.3 Å². The first-order chi connectivity index (χ1) is 12.9. The average molecular weight is 376 g/mol. The molecule has 0 bridgehead atoms. The molecular weight excluding hydrogens is 351 g/mol. The first-order valence-electron chi connectivity index (χ1n) is 9.45. The van der Waals surface area contributed by atoms with Crippen LogP contribution in [0, 0.1) is 17.7 Å². The quantitative estimate of drug-likeness (QED) is 0.771. The molecule has 6 nitrogen and oxygen atoms in total. The molecule has 0 radical (unpaired) electrons. The van der Waals surface area contributed by atoms with E-state index < -0.39 is 18.0 Å². The van der Waals surface area contributed by atoms with E-state index in [9.17, 15) is 18.8 Å². The number of carbonyl (C=O) groups is 3. The lowest BCUT2D eigenvalue weighted by molar-refractivity contribution is -0.160. The third-order valence-electron chi connectivity index (χ3n) is 5.11. The van der Waals surface area contributed by atoms with Gasteiger partial charge in [0.15, 0.2) is 6.10 Å². The molecule has 146 valence electrons. The van der Waals surface area contributed by atoms with Crippen LogP contribution in [0.5, 0.6) is 0 Å². The Hall–Kier alpha value is -2.44. The molecule has 1 aliphatic heterocycles. The van der Waals surface area contributed by atoms with Gasteiger partial charge in [-0.1, -0.05) is 12.1 Å². The predicted molar refractivity (Wildman–Crippen MR) is 95.8 cm³/mol. The Morgan fingerprint density at radius 3 is 2.33 bits per heavy atom. The van der Waals surface area contributed by atoms with Crippen LogP contribution in [0.25, 0.3) is 0 Å². The van der Waals surface area contributed by atoms with Crippen LogP contribution in [0.15, 0.2) is 24.3 Å². The summed E-state index contributed by atoms with van der Waals surface area (Å²) in [5.41, 5.74) is 0.760. The van der Waals surface area contributed by atoms with Crippen molar-refractivity contribution in [2.75, 3.05) is 13.1 Å². The van der Waals surface area contributed by atoms with Gasteiger partial charge in [-0.15, -0.1) is 0 Å². The normalized spacial score (nSPS) is 18.7. The van der Waals surface area contributed by atoms with Crippen molar-refractivity contribution in [3.63, 3.8) is 0 Å². The number of nitrogens with one attached hydrogen (secondary N) is 1. The van der Waals surface area contributed by atoms with E-state index in [-0.39, 0.29) is 30.1 Å². The summed E-state index contributed by atoms with van der Waals surface area (Å²) < 4.78 is 18.2. The molecule has 1 saturated carbocycles. The Balaban J connectivity index is 1.39. The maximum atomic E-state index is 12.9. The number of esters is 1. The molecule has 1 heterocycles. The van der Waals surface area contributed by atoms with E-state index >= 15 is 0 Å². The molecule has 7 heteroatoms. The van der Waals surface area contributed by atoms with Gasteiger partial charge in [0, 0.05) is 25.6 Å². The zero-order chi connectivity index (χ0) is 19.4. The van der Waals surface area contributed by atoms with Gasteiger partial charge in [-0.05, 0) is 50.3 Å². The van der Waals surface area contributed by atoms with Crippen molar-refractivity contribution in [2.24, 2.45) is 11.8 Å². The third-order valence-corrected chi connectivity index (χ3v) is 5.11. The van der Waals surface area contributed by atoms with Gasteiger partial charge in [0.25, 0.3) is 5.91 Å². The molecule has 1 aliphatic carbocycles. The van der Waals surface area contributed by atoms with Gasteiger partial charge in [0.2, 0.25) is 5.91 Å². The second-order valence-electron chi connectivity index (χ2n) is 7.30. The lowest BCUT2D eigenvalue weighted by Gasteiger charge is -2.31. The number of ether oxygens (including phenoxy) is 1. The summed E-state index contributed by atoms with van der Waals surface area (Å²) in [5.74, 6) is -1.00. The summed E-state index contributed by atoms with van der Waals surface area (Å²) in [7, 11) is 0. The Kier molecular flexibility index (Phi) is 6.08. The number of piperidine rings is 1. The molecule has 1 saturated heterocycles. The molecule has 1 aromatic carbocycles. The number of carbonyl (C=O) groups excluding carboxylic acids is 3. The summed E-state index contributed by atoms with van der Waals surface area (Å²) in [6.07, 6.45) is 2.20. The zero-order valence-corrected chi connectivity index (χ0v) is 15.4. The Morgan fingerprint density at radius 2 is 1.74 bits per heavy atom. The molecule has 1 atom stereocenters. The van der Waals surface area contributed by atoms with Crippen LogP contribution in [0.3, 0.4) is 0 Å². The molecular formula is C20H25FN2O4. The molecule has 0 spiro atoms. The SMILES string of the molecule is CC(OC(=O)C1CCN(C(=O)C2CC2)CC1)C(=O)NCc1ccc(F)cc1. The second kappa shape index (κ2) is 8.50. The zero-order valence-electron chi connectivity index (χ0n) is 15.4. The minimum absolute atomic E-state index is 0.193. The summed E-state index contributed by atoms with van der Waals surface area (Å²) in [5, 5.41) is 2.68. The monoisotopic (exact) mass is 376 g/mol. The largest absolute Gasteiger partial charge is 0.452 e. The molecule has 1 N–H and O–H groups in total. The number of amides is 2. The van der Waals surface area contributed by atoms with Gasteiger partial charge in [0.1, 0.15) is 5.82 Å². The number of hydrogen-bond donors (Lipinski definition) is 1. The minimum Gasteiger partial charge on any atom is -0.452 e. The molecule has 2 fully saturated rings. The highest BCUT2D eigenvalue weighted by Gasteiger charge is 2.36. The summed E-state index contributed by atoms with van der Waals surface area (Å²) in [6, 6.07) is 5.82. The van der Waals surface area contributed by atoms with Crippen LogP contribution < -0.4 is 5.32 Å². The summed E-state index contributed by atoms with van der Waals surface area (Å²) in [4.78, 5) is 38.3. The molecule has 27 heavy (non-hydrogen) atoms. The lowest BCUT2D eigenvalue weighted by Crippen LogP contribution is -2.43. The van der Waals surface area contributed by atoms with Crippen LogP contribution in [0.1, 0.15) is 38.2 Å². The number of nitrogens with zero attached hydrogens (tertiary/aromatic N) is 1. The van der Waals surface area contributed by atoms with E-state index in [1.807, 2.05) is 4.90 Å². The van der Waals surface area contributed by atoms with Crippen molar-refractivity contribution in [1.29, 1.82) is 0 Å². The molecule has 2 amide bonds. The molecule has 0 aromatic heterocycles. The fourth-order valence-electron chi connectivity index (χ4n) is 3.18. The van der Waals surface area contributed by atoms with Gasteiger partial charge in [-0.2, -0.15) is 0 Å². The van der Waals surface area contributed by atoms with Crippen LogP contribution in [-0.4, -0.2) is 41.9 Å². The van der Waals surface area contributed by atoms with Crippen molar-refractivity contribution in [3.05, 3.63) is 35.6 Å². The first-order valence-corrected chi connectivity index (χ1v) is 9.45. The van der Waals surface area contributed by atoms with Gasteiger partial charge < -0.3 is 15.0 Å². The highest BCUT2D eigenvalue weighted by atomic mass is 19.1. The first kappa shape index (κ1) is 19.3. The number of likely N-dealkylation sites (tertiary alicyclic amines) is 1. The van der Waals surface area contributed by atoms with Crippen LogP contribution in [-0.2, 0) is 25.7 Å². The summed E-state index contributed by atoms with van der Waals surface area (Å²) >= 11 is 0. The standard InChI is InChI=1S/C20H25FN2O4/c1-13(18(24)22-12-14-2-6-17(21)7-3-14)27-20(26)16-8-10-23(11-9-16)19(25)15-4-5-15/h2-3,6-7,13,15-16H,4-5,8-12H2,1H3,(H,22,24). The highest BCUT2D eigenvalue weighted by Crippen LogP contribution is 2.32. The Labute approximate surface area is 158 Å². The number of hydrogen-bond acceptors (Lipinski definition) is 4. The van der Waals surface area contributed by atoms with Gasteiger partial charge in [-0.25, -0.2) is 4.39 Å². The van der Waals surface area contributed by atoms with Gasteiger partial charge >= 0.3 is 5.97 Å². The maximum Gasteiger partial charge on any atom is 0.309 e.